The first kappa shape index (κ1) is 16.5. The minimum atomic E-state index is 0.110. The number of carbonyl (C=O) groups is 1. The molecule has 2 N–H and O–H groups in total. The number of quaternary nitrogens is 1. The highest BCUT2D eigenvalue weighted by Crippen LogP contribution is 2.24. The summed E-state index contributed by atoms with van der Waals surface area (Å²) in [6, 6.07) is 10.5. The number of benzene rings is 1. The molecule has 3 rings (SSSR count). The van der Waals surface area contributed by atoms with Gasteiger partial charge in [-0.1, -0.05) is 49.6 Å². The summed E-state index contributed by atoms with van der Waals surface area (Å²) in [4.78, 5) is 14.2. The second-order valence-corrected chi connectivity index (χ2v) is 6.87. The predicted octanol–water partition coefficient (Wildman–Crippen LogP) is 1.34. The lowest BCUT2D eigenvalue weighted by Crippen LogP contribution is -3.14. The van der Waals surface area contributed by atoms with Gasteiger partial charge in [0.05, 0.1) is 13.2 Å². The average Bonchev–Trinajstić information content (AvgIpc) is 2.63. The predicted molar refractivity (Wildman–Crippen MR) is 90.3 cm³/mol. The molecule has 1 aliphatic heterocycles. The van der Waals surface area contributed by atoms with Crippen LogP contribution in [0.3, 0.4) is 0 Å². The van der Waals surface area contributed by atoms with Crippen molar-refractivity contribution in [2.45, 2.75) is 38.1 Å². The third kappa shape index (κ3) is 4.79. The molecule has 1 aliphatic carbocycles. The van der Waals surface area contributed by atoms with E-state index in [2.05, 4.69) is 29.6 Å². The lowest BCUT2D eigenvalue weighted by Gasteiger charge is -2.30. The van der Waals surface area contributed by atoms with Crippen molar-refractivity contribution >= 4 is 5.91 Å². The molecule has 1 atom stereocenters. The molecule has 1 aromatic rings. The van der Waals surface area contributed by atoms with E-state index >= 15 is 0 Å². The molecule has 126 valence electrons. The van der Waals surface area contributed by atoms with Crippen LogP contribution in [0.25, 0.3) is 0 Å². The Morgan fingerprint density at radius 3 is 2.52 bits per heavy atom. The molecule has 1 heterocycles. The van der Waals surface area contributed by atoms with E-state index in [-0.39, 0.29) is 17.9 Å². The van der Waals surface area contributed by atoms with Crippen LogP contribution in [-0.2, 0) is 9.53 Å². The van der Waals surface area contributed by atoms with E-state index in [1.807, 2.05) is 6.07 Å². The van der Waals surface area contributed by atoms with E-state index in [0.29, 0.717) is 0 Å². The molecular formula is C19H29N2O2+. The van der Waals surface area contributed by atoms with Crippen molar-refractivity contribution in [2.75, 3.05) is 32.8 Å². The van der Waals surface area contributed by atoms with E-state index in [1.165, 1.54) is 29.7 Å². The van der Waals surface area contributed by atoms with Crippen molar-refractivity contribution in [3.8, 4) is 0 Å². The maximum absolute atomic E-state index is 12.7. The molecule has 1 saturated heterocycles. The van der Waals surface area contributed by atoms with Crippen LogP contribution in [0.4, 0.5) is 0 Å². The zero-order valence-electron chi connectivity index (χ0n) is 13.9. The van der Waals surface area contributed by atoms with Gasteiger partial charge in [-0.15, -0.1) is 0 Å². The normalized spacial score (nSPS) is 21.7. The third-order valence-corrected chi connectivity index (χ3v) is 5.19. The number of hydrogen-bond acceptors (Lipinski definition) is 2. The second-order valence-electron chi connectivity index (χ2n) is 6.87. The summed E-state index contributed by atoms with van der Waals surface area (Å²) in [6.07, 6.45) is 5.78. The fourth-order valence-electron chi connectivity index (χ4n) is 3.74. The fourth-order valence-corrected chi connectivity index (χ4v) is 3.74. The Kier molecular flexibility index (Phi) is 6.06. The van der Waals surface area contributed by atoms with Gasteiger partial charge in [0, 0.05) is 5.92 Å². The molecule has 2 fully saturated rings. The topological polar surface area (TPSA) is 42.8 Å². The smallest absolute Gasteiger partial charge is 0.223 e. The van der Waals surface area contributed by atoms with E-state index in [9.17, 15) is 4.79 Å². The zero-order chi connectivity index (χ0) is 15.9. The van der Waals surface area contributed by atoms with Gasteiger partial charge < -0.3 is 15.0 Å². The molecule has 0 spiro atoms. The van der Waals surface area contributed by atoms with Crippen LogP contribution in [0.1, 0.15) is 43.7 Å². The fraction of sp³-hybridized carbons (Fsp3) is 0.632. The molecule has 4 nitrogen and oxygen atoms in total. The van der Waals surface area contributed by atoms with Gasteiger partial charge in [-0.2, -0.15) is 0 Å². The number of carbonyl (C=O) groups excluding carboxylic acids is 1. The molecule has 1 aromatic carbocycles. The Balaban J connectivity index is 1.65. The SMILES string of the molecule is O=C(N[C@H](C[NH+]1CCOCC1)c1ccccc1)C1CCCCC1. The summed E-state index contributed by atoms with van der Waals surface area (Å²) in [5.41, 5.74) is 1.22. The van der Waals surface area contributed by atoms with Crippen LogP contribution < -0.4 is 10.2 Å². The molecule has 0 radical (unpaired) electrons. The van der Waals surface area contributed by atoms with Crippen molar-refractivity contribution in [1.82, 2.24) is 5.32 Å². The number of nitrogens with one attached hydrogen (secondary N) is 2. The molecule has 0 bridgehead atoms. The highest BCUT2D eigenvalue weighted by atomic mass is 16.5. The van der Waals surface area contributed by atoms with Gasteiger partial charge >= 0.3 is 0 Å². The van der Waals surface area contributed by atoms with Gasteiger partial charge in [-0.25, -0.2) is 0 Å². The van der Waals surface area contributed by atoms with Gasteiger partial charge in [0.2, 0.25) is 5.91 Å². The standard InChI is InChI=1S/C19H28N2O2/c22-19(17-9-5-2-6-10-17)20-18(16-7-3-1-4-8-16)15-21-11-13-23-14-12-21/h1,3-4,7-8,17-18H,2,5-6,9-15H2,(H,20,22)/p+1/t18-/m1/s1. The van der Waals surface area contributed by atoms with Gasteiger partial charge in [0.1, 0.15) is 25.7 Å². The molecule has 0 aromatic heterocycles. The number of hydrogen-bond donors (Lipinski definition) is 2. The van der Waals surface area contributed by atoms with Crippen LogP contribution in [0.15, 0.2) is 30.3 Å². The number of amides is 1. The van der Waals surface area contributed by atoms with Crippen LogP contribution >= 0.6 is 0 Å². The van der Waals surface area contributed by atoms with Crippen LogP contribution in [-0.4, -0.2) is 38.8 Å². The lowest BCUT2D eigenvalue weighted by atomic mass is 9.88. The van der Waals surface area contributed by atoms with Gasteiger partial charge in [0.15, 0.2) is 0 Å². The van der Waals surface area contributed by atoms with Crippen molar-refractivity contribution in [1.29, 1.82) is 0 Å². The minimum Gasteiger partial charge on any atom is -0.370 e. The highest BCUT2D eigenvalue weighted by molar-refractivity contribution is 5.79. The van der Waals surface area contributed by atoms with Crippen LogP contribution in [0.5, 0.6) is 0 Å². The first-order valence-corrected chi connectivity index (χ1v) is 9.09. The Labute approximate surface area is 139 Å². The van der Waals surface area contributed by atoms with Crippen molar-refractivity contribution < 1.29 is 14.4 Å². The lowest BCUT2D eigenvalue weighted by molar-refractivity contribution is -0.909. The number of ether oxygens (including phenoxy) is 1. The van der Waals surface area contributed by atoms with E-state index in [1.54, 1.807) is 0 Å². The monoisotopic (exact) mass is 317 g/mol. The largest absolute Gasteiger partial charge is 0.370 e. The Morgan fingerprint density at radius 1 is 1.13 bits per heavy atom. The summed E-state index contributed by atoms with van der Waals surface area (Å²) in [5, 5.41) is 3.35. The van der Waals surface area contributed by atoms with Gasteiger partial charge in [0.25, 0.3) is 0 Å². The first-order chi connectivity index (χ1) is 11.3. The molecular weight excluding hydrogens is 288 g/mol. The summed E-state index contributed by atoms with van der Waals surface area (Å²) in [5.74, 6) is 0.473. The maximum Gasteiger partial charge on any atom is 0.223 e. The first-order valence-electron chi connectivity index (χ1n) is 9.09. The van der Waals surface area contributed by atoms with Crippen LogP contribution in [0.2, 0.25) is 0 Å². The Morgan fingerprint density at radius 2 is 1.83 bits per heavy atom. The van der Waals surface area contributed by atoms with Gasteiger partial charge in [-0.05, 0) is 18.4 Å². The molecule has 2 aliphatic rings. The number of morpholine rings is 1. The summed E-state index contributed by atoms with van der Waals surface area (Å²) in [7, 11) is 0. The molecule has 0 unspecified atom stereocenters. The summed E-state index contributed by atoms with van der Waals surface area (Å²) >= 11 is 0. The van der Waals surface area contributed by atoms with E-state index in [0.717, 1.165) is 45.7 Å². The van der Waals surface area contributed by atoms with Gasteiger partial charge in [-0.3, -0.25) is 4.79 Å². The molecule has 1 saturated carbocycles. The van der Waals surface area contributed by atoms with Crippen molar-refractivity contribution in [2.24, 2.45) is 5.92 Å². The number of rotatable bonds is 5. The summed E-state index contributed by atoms with van der Waals surface area (Å²) in [6.45, 7) is 4.66. The summed E-state index contributed by atoms with van der Waals surface area (Å²) < 4.78 is 5.46. The molecule has 4 heteroatoms. The minimum absolute atomic E-state index is 0.110. The highest BCUT2D eigenvalue weighted by Gasteiger charge is 2.27. The average molecular weight is 317 g/mol. The third-order valence-electron chi connectivity index (χ3n) is 5.19. The van der Waals surface area contributed by atoms with Crippen molar-refractivity contribution in [3.63, 3.8) is 0 Å². The zero-order valence-corrected chi connectivity index (χ0v) is 13.9. The maximum atomic E-state index is 12.7. The Bertz CT molecular complexity index is 479. The molecule has 1 amide bonds. The van der Waals surface area contributed by atoms with E-state index < -0.39 is 0 Å². The van der Waals surface area contributed by atoms with Crippen molar-refractivity contribution in [3.05, 3.63) is 35.9 Å². The Hall–Kier alpha value is -1.39. The van der Waals surface area contributed by atoms with Crippen LogP contribution in [0, 0.1) is 5.92 Å². The second kappa shape index (κ2) is 8.46. The van der Waals surface area contributed by atoms with E-state index in [4.69, 9.17) is 4.74 Å². The quantitative estimate of drug-likeness (QED) is 0.861. The molecule has 23 heavy (non-hydrogen) atoms.